The van der Waals surface area contributed by atoms with Gasteiger partial charge in [0.15, 0.2) is 0 Å². The molecule has 45 heavy (non-hydrogen) atoms. The Hall–Kier alpha value is -3.86. The molecule has 234 valence electrons. The fourth-order valence-electron chi connectivity index (χ4n) is 6.80. The lowest BCUT2D eigenvalue weighted by Gasteiger charge is -2.21. The number of carboxylic acids is 1. The molecule has 2 aliphatic rings. The van der Waals surface area contributed by atoms with Gasteiger partial charge in [0.1, 0.15) is 11.4 Å². The van der Waals surface area contributed by atoms with Gasteiger partial charge < -0.3 is 14.4 Å². The van der Waals surface area contributed by atoms with E-state index < -0.39 is 16.0 Å². The van der Waals surface area contributed by atoms with E-state index in [-0.39, 0.29) is 37.0 Å². The van der Waals surface area contributed by atoms with Crippen molar-refractivity contribution in [1.82, 2.24) is 18.7 Å². The topological polar surface area (TPSA) is 107 Å². The molecule has 0 atom stereocenters. The second-order valence-corrected chi connectivity index (χ2v) is 14.5. The van der Waals surface area contributed by atoms with Gasteiger partial charge in [-0.2, -0.15) is 9.40 Å². The molecule has 5 aromatic rings. The second kappa shape index (κ2) is 11.5. The van der Waals surface area contributed by atoms with Gasteiger partial charge in [-0.15, -0.1) is 0 Å². The number of ether oxygens (including phenoxy) is 1. The van der Waals surface area contributed by atoms with Crippen LogP contribution in [0.2, 0.25) is 5.02 Å². The third-order valence-corrected chi connectivity index (χ3v) is 11.4. The summed E-state index contributed by atoms with van der Waals surface area (Å²) in [5.41, 5.74) is 4.48. The van der Waals surface area contributed by atoms with Crippen LogP contribution in [-0.4, -0.2) is 56.5 Å². The number of carbonyl (C=O) groups is 1. The minimum atomic E-state index is -3.60. The van der Waals surface area contributed by atoms with Crippen molar-refractivity contribution < 1.29 is 23.1 Å². The van der Waals surface area contributed by atoms with Crippen molar-refractivity contribution in [2.24, 2.45) is 7.05 Å². The molecule has 0 amide bonds. The van der Waals surface area contributed by atoms with Crippen molar-refractivity contribution in [3.05, 3.63) is 82.3 Å². The van der Waals surface area contributed by atoms with Crippen LogP contribution >= 0.6 is 11.6 Å². The zero-order chi connectivity index (χ0) is 31.5. The van der Waals surface area contributed by atoms with Crippen LogP contribution in [0.25, 0.3) is 32.8 Å². The first-order valence-electron chi connectivity index (χ1n) is 15.4. The fraction of sp³-hybridized carbons (Fsp3) is 0.353. The zero-order valence-electron chi connectivity index (χ0n) is 25.3. The SMILES string of the molecule is Cc1c2c(nn1C)CN(C1CC1)S(=O)(=O)CCCn1c(C(=O)O)c(CCCOc3cccc4ccccc34)c3ccc(Cl)c-2c31. The summed E-state index contributed by atoms with van der Waals surface area (Å²) in [4.78, 5) is 13.0. The standard InChI is InChI=1S/C34H35ClN4O5S/c1-21-30-28(36-37(21)2)20-39(23-13-14-23)45(42,43)19-7-17-38-32-26(15-16-27(35)31(30)32)25(33(38)34(40)41)11-6-18-44-29-12-5-9-22-8-3-4-10-24(22)29/h3-5,8-10,12,15-16,23H,6-7,11,13-14,17-20H2,1-2H3,(H,40,41). The van der Waals surface area contributed by atoms with Gasteiger partial charge in [-0.25, -0.2) is 13.2 Å². The van der Waals surface area contributed by atoms with Crippen LogP contribution in [0.4, 0.5) is 0 Å². The van der Waals surface area contributed by atoms with E-state index in [1.807, 2.05) is 68.6 Å². The lowest BCUT2D eigenvalue weighted by Crippen LogP contribution is -2.35. The number of halogens is 1. The summed E-state index contributed by atoms with van der Waals surface area (Å²) in [5, 5.41) is 18.8. The molecule has 3 aromatic carbocycles. The van der Waals surface area contributed by atoms with Crippen LogP contribution in [0, 0.1) is 6.92 Å². The van der Waals surface area contributed by atoms with Crippen molar-refractivity contribution >= 4 is 49.3 Å². The average Bonchev–Trinajstić information content (AvgIpc) is 3.75. The molecule has 9 nitrogen and oxygen atoms in total. The summed E-state index contributed by atoms with van der Waals surface area (Å²) in [6.07, 6.45) is 2.97. The molecule has 7 rings (SSSR count). The van der Waals surface area contributed by atoms with Crippen molar-refractivity contribution in [3.63, 3.8) is 0 Å². The number of hydrogen-bond acceptors (Lipinski definition) is 5. The number of benzene rings is 3. The quantitative estimate of drug-likeness (QED) is 0.201. The molecule has 11 heteroatoms. The van der Waals surface area contributed by atoms with E-state index in [0.29, 0.717) is 46.8 Å². The maximum atomic E-state index is 13.6. The molecule has 3 heterocycles. The first-order valence-corrected chi connectivity index (χ1v) is 17.3. The smallest absolute Gasteiger partial charge is 0.352 e. The number of hydrogen-bond donors (Lipinski definition) is 1. The highest BCUT2D eigenvalue weighted by molar-refractivity contribution is 7.89. The minimum Gasteiger partial charge on any atom is -0.493 e. The Balaban J connectivity index is 1.33. The Kier molecular flexibility index (Phi) is 7.62. The third-order valence-electron chi connectivity index (χ3n) is 9.12. The Morgan fingerprint density at radius 2 is 1.84 bits per heavy atom. The Labute approximate surface area is 267 Å². The van der Waals surface area contributed by atoms with E-state index in [0.717, 1.165) is 46.0 Å². The Morgan fingerprint density at radius 3 is 2.62 bits per heavy atom. The third kappa shape index (κ3) is 5.28. The highest BCUT2D eigenvalue weighted by Gasteiger charge is 2.39. The van der Waals surface area contributed by atoms with Gasteiger partial charge in [0, 0.05) is 47.2 Å². The van der Waals surface area contributed by atoms with Gasteiger partial charge in [0.25, 0.3) is 0 Å². The number of aryl methyl sites for hydroxylation is 3. The maximum absolute atomic E-state index is 13.6. The van der Waals surface area contributed by atoms with E-state index in [2.05, 4.69) is 0 Å². The molecule has 0 bridgehead atoms. The molecule has 0 unspecified atom stereocenters. The van der Waals surface area contributed by atoms with Gasteiger partial charge in [0.05, 0.1) is 35.1 Å². The Morgan fingerprint density at radius 1 is 1.07 bits per heavy atom. The van der Waals surface area contributed by atoms with Gasteiger partial charge in [0.2, 0.25) is 10.0 Å². The fourth-order valence-corrected chi connectivity index (χ4v) is 8.76. The monoisotopic (exact) mass is 646 g/mol. The molecular weight excluding hydrogens is 612 g/mol. The first-order chi connectivity index (χ1) is 21.7. The van der Waals surface area contributed by atoms with Gasteiger partial charge in [-0.1, -0.05) is 54.1 Å². The predicted molar refractivity (Wildman–Crippen MR) is 176 cm³/mol. The average molecular weight is 647 g/mol. The van der Waals surface area contributed by atoms with Crippen molar-refractivity contribution in [3.8, 4) is 16.9 Å². The summed E-state index contributed by atoms with van der Waals surface area (Å²) in [5.74, 6) is -0.342. The zero-order valence-corrected chi connectivity index (χ0v) is 26.9. The molecule has 1 N–H and O–H groups in total. The number of fused-ring (bicyclic) bond motifs is 3. The largest absolute Gasteiger partial charge is 0.493 e. The number of aromatic carboxylic acids is 1. The van der Waals surface area contributed by atoms with Gasteiger partial charge >= 0.3 is 5.97 Å². The van der Waals surface area contributed by atoms with Crippen LogP contribution in [0.5, 0.6) is 5.75 Å². The maximum Gasteiger partial charge on any atom is 0.352 e. The summed E-state index contributed by atoms with van der Waals surface area (Å²) in [6.45, 7) is 2.72. The van der Waals surface area contributed by atoms with Gasteiger partial charge in [-0.3, -0.25) is 4.68 Å². The summed E-state index contributed by atoms with van der Waals surface area (Å²) in [6, 6.07) is 17.7. The van der Waals surface area contributed by atoms with E-state index in [1.165, 1.54) is 0 Å². The van der Waals surface area contributed by atoms with Crippen LogP contribution in [0.15, 0.2) is 54.6 Å². The number of rotatable bonds is 7. The van der Waals surface area contributed by atoms with Gasteiger partial charge in [-0.05, 0) is 62.1 Å². The molecule has 1 aliphatic carbocycles. The van der Waals surface area contributed by atoms with Crippen LogP contribution in [0.1, 0.15) is 53.1 Å². The Bertz CT molecular complexity index is 2070. The first kappa shape index (κ1) is 29.8. The lowest BCUT2D eigenvalue weighted by atomic mass is 9.98. The summed E-state index contributed by atoms with van der Waals surface area (Å²) in [7, 11) is -1.77. The number of aromatic nitrogens is 3. The minimum absolute atomic E-state index is 0.0339. The highest BCUT2D eigenvalue weighted by atomic mass is 35.5. The van der Waals surface area contributed by atoms with E-state index in [9.17, 15) is 18.3 Å². The van der Waals surface area contributed by atoms with Crippen molar-refractivity contribution in [1.29, 1.82) is 0 Å². The second-order valence-electron chi connectivity index (χ2n) is 12.0. The molecule has 0 spiro atoms. The van der Waals surface area contributed by atoms with E-state index in [4.69, 9.17) is 21.4 Å². The normalized spacial score (nSPS) is 16.9. The number of carboxylic acid groups (broad SMARTS) is 1. The van der Waals surface area contributed by atoms with E-state index >= 15 is 0 Å². The number of sulfonamides is 1. The molecule has 0 radical (unpaired) electrons. The summed E-state index contributed by atoms with van der Waals surface area (Å²) < 4.78 is 38.5. The summed E-state index contributed by atoms with van der Waals surface area (Å²) >= 11 is 6.98. The molecule has 0 saturated heterocycles. The van der Waals surface area contributed by atoms with Crippen molar-refractivity contribution in [2.45, 2.75) is 58.2 Å². The lowest BCUT2D eigenvalue weighted by molar-refractivity contribution is 0.0684. The van der Waals surface area contributed by atoms with Crippen LogP contribution in [-0.2, 0) is 36.6 Å². The highest BCUT2D eigenvalue weighted by Crippen LogP contribution is 2.44. The van der Waals surface area contributed by atoms with E-state index in [1.54, 1.807) is 13.6 Å². The molecule has 1 saturated carbocycles. The van der Waals surface area contributed by atoms with Crippen LogP contribution < -0.4 is 4.74 Å². The molecule has 1 fully saturated rings. The number of nitrogens with zero attached hydrogens (tertiary/aromatic N) is 4. The van der Waals surface area contributed by atoms with Crippen molar-refractivity contribution in [2.75, 3.05) is 12.4 Å². The molecule has 1 aliphatic heterocycles. The van der Waals surface area contributed by atoms with Crippen LogP contribution in [0.3, 0.4) is 0 Å². The molecular formula is C34H35ClN4O5S. The predicted octanol–water partition coefficient (Wildman–Crippen LogP) is 6.56. The molecule has 2 aromatic heterocycles.